The van der Waals surface area contributed by atoms with Gasteiger partial charge in [-0.1, -0.05) is 12.1 Å². The molecule has 0 aliphatic carbocycles. The predicted octanol–water partition coefficient (Wildman–Crippen LogP) is 1.67. The fraction of sp³-hybridized carbons (Fsp3) is 0.353. The van der Waals surface area contributed by atoms with E-state index in [2.05, 4.69) is 10.3 Å². The van der Waals surface area contributed by atoms with Crippen molar-refractivity contribution < 1.29 is 19.1 Å². The van der Waals surface area contributed by atoms with E-state index >= 15 is 0 Å². The van der Waals surface area contributed by atoms with E-state index in [1.54, 1.807) is 17.5 Å². The van der Waals surface area contributed by atoms with Gasteiger partial charge >= 0.3 is 5.97 Å². The maximum atomic E-state index is 13.8. The van der Waals surface area contributed by atoms with Crippen molar-refractivity contribution in [3.8, 4) is 0 Å². The maximum Gasteiger partial charge on any atom is 0.309 e. The second-order valence-corrected chi connectivity index (χ2v) is 6.84. The van der Waals surface area contributed by atoms with Crippen molar-refractivity contribution in [3.63, 3.8) is 0 Å². The van der Waals surface area contributed by atoms with Crippen LogP contribution in [0.1, 0.15) is 5.69 Å². The van der Waals surface area contributed by atoms with E-state index < -0.39 is 5.97 Å². The molecular formula is C17H19FN4O3S. The first kappa shape index (κ1) is 18.3. The average Bonchev–Trinajstić information content (AvgIpc) is 3.02. The Kier molecular flexibility index (Phi) is 5.79. The summed E-state index contributed by atoms with van der Waals surface area (Å²) >= 11 is 1.21. The zero-order chi connectivity index (χ0) is 18.5. The van der Waals surface area contributed by atoms with Crippen molar-refractivity contribution >= 4 is 34.0 Å². The third-order valence-electron chi connectivity index (χ3n) is 4.06. The molecule has 9 heteroatoms. The Morgan fingerprint density at radius 2 is 1.96 bits per heavy atom. The molecule has 0 radical (unpaired) electrons. The number of benzene rings is 1. The highest BCUT2D eigenvalue weighted by atomic mass is 32.1. The van der Waals surface area contributed by atoms with Crippen LogP contribution in [0.4, 0.5) is 15.2 Å². The molecule has 1 fully saturated rings. The molecule has 2 heterocycles. The summed E-state index contributed by atoms with van der Waals surface area (Å²) in [4.78, 5) is 30.9. The third-order valence-corrected chi connectivity index (χ3v) is 4.87. The quantitative estimate of drug-likeness (QED) is 0.795. The summed E-state index contributed by atoms with van der Waals surface area (Å²) in [5, 5.41) is 13.5. The van der Waals surface area contributed by atoms with E-state index in [4.69, 9.17) is 5.11 Å². The highest BCUT2D eigenvalue weighted by molar-refractivity contribution is 7.13. The van der Waals surface area contributed by atoms with Crippen LogP contribution >= 0.6 is 11.3 Å². The van der Waals surface area contributed by atoms with E-state index in [1.165, 1.54) is 17.4 Å². The number of carbonyl (C=O) groups excluding carboxylic acids is 1. The Labute approximate surface area is 154 Å². The molecule has 1 saturated heterocycles. The molecule has 1 aromatic heterocycles. The predicted molar refractivity (Wildman–Crippen MR) is 97.1 cm³/mol. The molecule has 0 bridgehead atoms. The molecule has 26 heavy (non-hydrogen) atoms. The van der Waals surface area contributed by atoms with E-state index in [0.29, 0.717) is 42.7 Å². The van der Waals surface area contributed by atoms with Crippen LogP contribution in [0, 0.1) is 5.82 Å². The number of para-hydroxylation sites is 1. The number of halogens is 1. The number of carboxylic acid groups (broad SMARTS) is 1. The number of nitrogens with one attached hydrogen (secondary N) is 1. The number of carboxylic acids is 1. The number of thiazole rings is 1. The molecule has 0 saturated carbocycles. The molecule has 1 aliphatic rings. The van der Waals surface area contributed by atoms with Crippen LogP contribution in [0.5, 0.6) is 0 Å². The van der Waals surface area contributed by atoms with Crippen LogP contribution in [-0.4, -0.2) is 59.6 Å². The van der Waals surface area contributed by atoms with Gasteiger partial charge in [-0.3, -0.25) is 14.5 Å². The second-order valence-electron chi connectivity index (χ2n) is 5.98. The minimum absolute atomic E-state index is 0.162. The first-order valence-corrected chi connectivity index (χ1v) is 9.07. The molecule has 138 valence electrons. The first-order chi connectivity index (χ1) is 12.5. The van der Waals surface area contributed by atoms with Crippen LogP contribution < -0.4 is 10.2 Å². The summed E-state index contributed by atoms with van der Waals surface area (Å²) in [6.45, 7) is 2.83. The number of carbonyl (C=O) groups is 2. The normalized spacial score (nSPS) is 15.0. The van der Waals surface area contributed by atoms with Gasteiger partial charge in [0, 0.05) is 31.6 Å². The zero-order valence-corrected chi connectivity index (χ0v) is 14.8. The molecule has 1 aliphatic heterocycles. The number of aromatic nitrogens is 1. The molecule has 0 atom stereocenters. The highest BCUT2D eigenvalue weighted by Gasteiger charge is 2.21. The molecule has 2 N–H and O–H groups in total. The number of aliphatic carboxylic acids is 1. The zero-order valence-electron chi connectivity index (χ0n) is 14.0. The number of nitrogens with zero attached hydrogens (tertiary/aromatic N) is 3. The first-order valence-electron chi connectivity index (χ1n) is 8.19. The summed E-state index contributed by atoms with van der Waals surface area (Å²) in [5.74, 6) is -1.39. The van der Waals surface area contributed by atoms with Gasteiger partial charge in [0.05, 0.1) is 24.3 Å². The second kappa shape index (κ2) is 8.24. The molecule has 0 spiro atoms. The number of amides is 1. The molecule has 0 unspecified atom stereocenters. The summed E-state index contributed by atoms with van der Waals surface area (Å²) in [6, 6.07) is 6.68. The lowest BCUT2D eigenvalue weighted by molar-refractivity contribution is -0.136. The SMILES string of the molecule is O=C(O)Cc1csc(NC(=O)CN2CCN(c3ccccc3F)CC2)n1. The average molecular weight is 378 g/mol. The third kappa shape index (κ3) is 4.77. The number of piperazine rings is 1. The minimum atomic E-state index is -0.957. The Balaban J connectivity index is 1.47. The number of hydrogen-bond donors (Lipinski definition) is 2. The lowest BCUT2D eigenvalue weighted by atomic mass is 10.2. The van der Waals surface area contributed by atoms with Crippen LogP contribution in [0.15, 0.2) is 29.6 Å². The Hall–Kier alpha value is -2.52. The van der Waals surface area contributed by atoms with Crippen LogP contribution in [0.3, 0.4) is 0 Å². The van der Waals surface area contributed by atoms with Gasteiger partial charge in [-0.2, -0.15) is 0 Å². The minimum Gasteiger partial charge on any atom is -0.481 e. The van der Waals surface area contributed by atoms with Crippen LogP contribution in [0.25, 0.3) is 0 Å². The van der Waals surface area contributed by atoms with Gasteiger partial charge in [0.15, 0.2) is 5.13 Å². The molecule has 1 amide bonds. The molecule has 1 aromatic carbocycles. The standard InChI is InChI=1S/C17H19FN4O3S/c18-13-3-1-2-4-14(13)22-7-5-21(6-8-22)10-15(23)20-17-19-12(11-26-17)9-16(24)25/h1-4,11H,5-10H2,(H,24,25)(H,19,20,23). The highest BCUT2D eigenvalue weighted by Crippen LogP contribution is 2.20. The van der Waals surface area contributed by atoms with Crippen molar-refractivity contribution in [3.05, 3.63) is 41.2 Å². The largest absolute Gasteiger partial charge is 0.481 e. The van der Waals surface area contributed by atoms with Gasteiger partial charge in [0.25, 0.3) is 0 Å². The van der Waals surface area contributed by atoms with E-state index in [9.17, 15) is 14.0 Å². The van der Waals surface area contributed by atoms with Gasteiger partial charge in [0.1, 0.15) is 5.82 Å². The molecular weight excluding hydrogens is 359 g/mol. The Bertz CT molecular complexity index is 790. The fourth-order valence-corrected chi connectivity index (χ4v) is 3.54. The maximum absolute atomic E-state index is 13.8. The van der Waals surface area contributed by atoms with Crippen molar-refractivity contribution in [1.82, 2.24) is 9.88 Å². The lowest BCUT2D eigenvalue weighted by Crippen LogP contribution is -2.48. The summed E-state index contributed by atoms with van der Waals surface area (Å²) < 4.78 is 13.8. The van der Waals surface area contributed by atoms with Gasteiger partial charge < -0.3 is 15.3 Å². The monoisotopic (exact) mass is 378 g/mol. The number of rotatable bonds is 6. The van der Waals surface area contributed by atoms with E-state index in [-0.39, 0.29) is 24.7 Å². The van der Waals surface area contributed by atoms with Crippen LogP contribution in [0.2, 0.25) is 0 Å². The van der Waals surface area contributed by atoms with Gasteiger partial charge in [0.2, 0.25) is 5.91 Å². The Morgan fingerprint density at radius 3 is 2.65 bits per heavy atom. The van der Waals surface area contributed by atoms with Crippen molar-refractivity contribution in [2.24, 2.45) is 0 Å². The van der Waals surface area contributed by atoms with Gasteiger partial charge in [-0.05, 0) is 12.1 Å². The molecule has 7 nitrogen and oxygen atoms in total. The smallest absolute Gasteiger partial charge is 0.309 e. The number of anilines is 2. The molecule has 2 aromatic rings. The van der Waals surface area contributed by atoms with Crippen molar-refractivity contribution in [2.75, 3.05) is 42.9 Å². The van der Waals surface area contributed by atoms with Crippen LogP contribution in [-0.2, 0) is 16.0 Å². The van der Waals surface area contributed by atoms with Crippen molar-refractivity contribution in [2.45, 2.75) is 6.42 Å². The number of hydrogen-bond acceptors (Lipinski definition) is 6. The van der Waals surface area contributed by atoms with Gasteiger partial charge in [-0.25, -0.2) is 9.37 Å². The molecule has 3 rings (SSSR count). The topological polar surface area (TPSA) is 85.8 Å². The van der Waals surface area contributed by atoms with Crippen molar-refractivity contribution in [1.29, 1.82) is 0 Å². The Morgan fingerprint density at radius 1 is 1.23 bits per heavy atom. The summed E-state index contributed by atoms with van der Waals surface area (Å²) in [6.07, 6.45) is -0.162. The summed E-state index contributed by atoms with van der Waals surface area (Å²) in [7, 11) is 0. The van der Waals surface area contributed by atoms with Gasteiger partial charge in [-0.15, -0.1) is 11.3 Å². The lowest BCUT2D eigenvalue weighted by Gasteiger charge is -2.35. The van der Waals surface area contributed by atoms with E-state index in [0.717, 1.165) is 0 Å². The summed E-state index contributed by atoms with van der Waals surface area (Å²) in [5.41, 5.74) is 1.02. The van der Waals surface area contributed by atoms with E-state index in [1.807, 2.05) is 15.9 Å². The fourth-order valence-electron chi connectivity index (χ4n) is 2.82.